The van der Waals surface area contributed by atoms with Gasteiger partial charge >= 0.3 is 6.03 Å². The first kappa shape index (κ1) is 15.2. The van der Waals surface area contributed by atoms with Crippen LogP contribution >= 0.6 is 0 Å². The Hall–Kier alpha value is -1.82. The van der Waals surface area contributed by atoms with E-state index in [1.165, 1.54) is 0 Å². The number of aromatic nitrogens is 1. The summed E-state index contributed by atoms with van der Waals surface area (Å²) in [6.07, 6.45) is 0.693. The van der Waals surface area contributed by atoms with Crippen LogP contribution in [0.25, 0.3) is 0 Å². The lowest BCUT2D eigenvalue weighted by molar-refractivity contribution is 0.214. The molecule has 1 heterocycles. The lowest BCUT2D eigenvalue weighted by atomic mass is 10.2. The Labute approximate surface area is 113 Å². The highest BCUT2D eigenvalue weighted by molar-refractivity contribution is 5.74. The number of anilines is 1. The molecule has 0 aliphatic rings. The minimum Gasteiger partial charge on any atom is -0.394 e. The summed E-state index contributed by atoms with van der Waals surface area (Å²) in [5, 5.41) is 14.4. The van der Waals surface area contributed by atoms with Crippen LogP contribution in [-0.4, -0.2) is 42.9 Å². The summed E-state index contributed by atoms with van der Waals surface area (Å²) in [4.78, 5) is 17.9. The van der Waals surface area contributed by atoms with Crippen LogP contribution in [0.4, 0.5) is 10.6 Å². The Bertz CT molecular complexity index is 405. The van der Waals surface area contributed by atoms with E-state index in [0.717, 1.165) is 11.5 Å². The van der Waals surface area contributed by atoms with E-state index in [1.54, 1.807) is 0 Å². The summed E-state index contributed by atoms with van der Waals surface area (Å²) in [5.74, 6) is 0.849. The third-order valence-electron chi connectivity index (χ3n) is 2.73. The second-order valence-electron chi connectivity index (χ2n) is 4.50. The maximum absolute atomic E-state index is 11.6. The number of hydrogen-bond acceptors (Lipinski definition) is 4. The van der Waals surface area contributed by atoms with Crippen LogP contribution in [0.15, 0.2) is 18.2 Å². The fourth-order valence-electron chi connectivity index (χ4n) is 1.50. The van der Waals surface area contributed by atoms with Crippen LogP contribution in [0, 0.1) is 0 Å². The fourth-order valence-corrected chi connectivity index (χ4v) is 1.50. The maximum Gasteiger partial charge on any atom is 0.315 e. The van der Waals surface area contributed by atoms with Gasteiger partial charge in [0, 0.05) is 14.1 Å². The van der Waals surface area contributed by atoms with Gasteiger partial charge in [0.15, 0.2) is 0 Å². The summed E-state index contributed by atoms with van der Waals surface area (Å²) in [5.41, 5.74) is 0.790. The number of rotatable bonds is 6. The van der Waals surface area contributed by atoms with E-state index in [2.05, 4.69) is 15.6 Å². The average molecular weight is 266 g/mol. The molecular weight excluding hydrogens is 244 g/mol. The van der Waals surface area contributed by atoms with Crippen molar-refractivity contribution in [3.63, 3.8) is 0 Å². The van der Waals surface area contributed by atoms with E-state index in [-0.39, 0.29) is 18.7 Å². The number of carbonyl (C=O) groups excluding carboxylic acids is 1. The molecule has 0 fully saturated rings. The number of aliphatic hydroxyl groups is 1. The molecule has 0 spiro atoms. The van der Waals surface area contributed by atoms with Crippen LogP contribution in [0.3, 0.4) is 0 Å². The molecule has 0 aliphatic heterocycles. The van der Waals surface area contributed by atoms with Crippen LogP contribution in [-0.2, 0) is 6.54 Å². The fraction of sp³-hybridized carbons (Fsp3) is 0.538. The van der Waals surface area contributed by atoms with Gasteiger partial charge in [0.25, 0.3) is 0 Å². The van der Waals surface area contributed by atoms with Gasteiger partial charge in [-0.3, -0.25) is 0 Å². The molecule has 1 atom stereocenters. The maximum atomic E-state index is 11.6. The second kappa shape index (κ2) is 7.58. The number of pyridine rings is 1. The second-order valence-corrected chi connectivity index (χ2v) is 4.50. The number of aliphatic hydroxyl groups excluding tert-OH is 1. The molecule has 0 aromatic carbocycles. The highest BCUT2D eigenvalue weighted by Gasteiger charge is 2.08. The lowest BCUT2D eigenvalue weighted by Crippen LogP contribution is -2.43. The molecule has 0 bridgehead atoms. The Kier molecular flexibility index (Phi) is 6.08. The predicted molar refractivity (Wildman–Crippen MR) is 75.1 cm³/mol. The molecule has 3 N–H and O–H groups in total. The molecule has 0 aliphatic carbocycles. The molecule has 1 aromatic rings. The van der Waals surface area contributed by atoms with Gasteiger partial charge in [0.05, 0.1) is 24.9 Å². The Balaban J connectivity index is 2.48. The predicted octanol–water partition coefficient (Wildman–Crippen LogP) is 0.718. The summed E-state index contributed by atoms with van der Waals surface area (Å²) in [6, 6.07) is 5.16. The topological polar surface area (TPSA) is 77.5 Å². The molecule has 1 rings (SSSR count). The zero-order valence-electron chi connectivity index (χ0n) is 11.7. The summed E-state index contributed by atoms with van der Waals surface area (Å²) < 4.78 is 0. The smallest absolute Gasteiger partial charge is 0.315 e. The van der Waals surface area contributed by atoms with E-state index in [9.17, 15) is 4.79 Å². The lowest BCUT2D eigenvalue weighted by Gasteiger charge is -2.15. The van der Waals surface area contributed by atoms with Gasteiger partial charge < -0.3 is 20.6 Å². The first-order valence-electron chi connectivity index (χ1n) is 6.35. The molecule has 0 saturated carbocycles. The number of nitrogens with zero attached hydrogens (tertiary/aromatic N) is 2. The Morgan fingerprint density at radius 2 is 2.21 bits per heavy atom. The number of hydrogen-bond donors (Lipinski definition) is 3. The van der Waals surface area contributed by atoms with Gasteiger partial charge in [-0.2, -0.15) is 0 Å². The Morgan fingerprint density at radius 1 is 1.47 bits per heavy atom. The van der Waals surface area contributed by atoms with Crippen molar-refractivity contribution in [1.29, 1.82) is 0 Å². The van der Waals surface area contributed by atoms with E-state index < -0.39 is 0 Å². The SMILES string of the molecule is CCC(CO)NC(=O)NCc1cccc(N(C)C)n1. The third kappa shape index (κ3) is 5.13. The molecule has 1 unspecified atom stereocenters. The van der Waals surface area contributed by atoms with Gasteiger partial charge in [-0.15, -0.1) is 0 Å². The van der Waals surface area contributed by atoms with Crippen LogP contribution in [0.2, 0.25) is 0 Å². The normalized spacial score (nSPS) is 11.8. The summed E-state index contributed by atoms with van der Waals surface area (Å²) >= 11 is 0. The van der Waals surface area contributed by atoms with Crippen molar-refractivity contribution >= 4 is 11.8 Å². The third-order valence-corrected chi connectivity index (χ3v) is 2.73. The monoisotopic (exact) mass is 266 g/mol. The van der Waals surface area contributed by atoms with Crippen molar-refractivity contribution in [1.82, 2.24) is 15.6 Å². The number of nitrogens with one attached hydrogen (secondary N) is 2. The quantitative estimate of drug-likeness (QED) is 0.709. The van der Waals surface area contributed by atoms with Crippen molar-refractivity contribution in [3.8, 4) is 0 Å². The number of carbonyl (C=O) groups is 1. The molecule has 19 heavy (non-hydrogen) atoms. The molecule has 2 amide bonds. The van der Waals surface area contributed by atoms with Gasteiger partial charge in [0.1, 0.15) is 5.82 Å². The number of urea groups is 1. The van der Waals surface area contributed by atoms with Crippen molar-refractivity contribution < 1.29 is 9.90 Å². The first-order chi connectivity index (χ1) is 9.06. The van der Waals surface area contributed by atoms with E-state index in [0.29, 0.717) is 13.0 Å². The molecule has 1 aromatic heterocycles. The summed E-state index contributed by atoms with van der Waals surface area (Å²) in [6.45, 7) is 2.21. The molecule has 0 radical (unpaired) electrons. The number of amides is 2. The largest absolute Gasteiger partial charge is 0.394 e. The van der Waals surface area contributed by atoms with Gasteiger partial charge in [-0.1, -0.05) is 13.0 Å². The van der Waals surface area contributed by atoms with Crippen molar-refractivity contribution in [3.05, 3.63) is 23.9 Å². The average Bonchev–Trinajstić information content (AvgIpc) is 2.42. The molecular formula is C13H22N4O2. The van der Waals surface area contributed by atoms with Crippen LogP contribution in [0.1, 0.15) is 19.0 Å². The standard InChI is InChI=1S/C13H22N4O2/c1-4-10(9-18)16-13(19)14-8-11-6-5-7-12(15-11)17(2)3/h5-7,10,18H,4,8-9H2,1-3H3,(H2,14,16,19). The zero-order valence-corrected chi connectivity index (χ0v) is 11.7. The van der Waals surface area contributed by atoms with Crippen molar-refractivity contribution in [2.24, 2.45) is 0 Å². The molecule has 6 nitrogen and oxygen atoms in total. The molecule has 6 heteroatoms. The van der Waals surface area contributed by atoms with Gasteiger partial charge in [0.2, 0.25) is 0 Å². The van der Waals surface area contributed by atoms with Crippen molar-refractivity contribution in [2.75, 3.05) is 25.6 Å². The van der Waals surface area contributed by atoms with E-state index >= 15 is 0 Å². The van der Waals surface area contributed by atoms with E-state index in [1.807, 2.05) is 44.1 Å². The minimum absolute atomic E-state index is 0.0573. The van der Waals surface area contributed by atoms with Gasteiger partial charge in [-0.25, -0.2) is 9.78 Å². The van der Waals surface area contributed by atoms with Crippen LogP contribution < -0.4 is 15.5 Å². The Morgan fingerprint density at radius 3 is 2.79 bits per heavy atom. The van der Waals surface area contributed by atoms with Crippen LogP contribution in [0.5, 0.6) is 0 Å². The van der Waals surface area contributed by atoms with E-state index in [4.69, 9.17) is 5.11 Å². The molecule has 0 saturated heterocycles. The van der Waals surface area contributed by atoms with Crippen molar-refractivity contribution in [2.45, 2.75) is 25.9 Å². The molecule has 106 valence electrons. The van der Waals surface area contributed by atoms with Gasteiger partial charge in [-0.05, 0) is 18.6 Å². The highest BCUT2D eigenvalue weighted by atomic mass is 16.3. The zero-order chi connectivity index (χ0) is 14.3. The highest BCUT2D eigenvalue weighted by Crippen LogP contribution is 2.07. The summed E-state index contributed by atoms with van der Waals surface area (Å²) in [7, 11) is 3.83. The first-order valence-corrected chi connectivity index (χ1v) is 6.35. The minimum atomic E-state index is -0.294.